The molecule has 126 valence electrons. The number of ether oxygens (including phenoxy) is 1. The molecule has 1 aromatic carbocycles. The fourth-order valence-corrected chi connectivity index (χ4v) is 2.36. The molecular formula is C19H21NO4. The van der Waals surface area contributed by atoms with Crippen LogP contribution in [0.25, 0.3) is 6.08 Å². The first-order chi connectivity index (χ1) is 11.6. The monoisotopic (exact) mass is 327 g/mol. The van der Waals surface area contributed by atoms with Crippen LogP contribution in [0.5, 0.6) is 0 Å². The zero-order chi connectivity index (χ0) is 17.4. The molecule has 0 fully saturated rings. The number of hydrogen-bond acceptors (Lipinski definition) is 4. The van der Waals surface area contributed by atoms with Crippen molar-refractivity contribution in [3.8, 4) is 0 Å². The molecule has 0 aliphatic carbocycles. The minimum Gasteiger partial charge on any atom is -0.469 e. The molecule has 0 radical (unpaired) electrons. The first kappa shape index (κ1) is 17.5. The number of furan rings is 1. The van der Waals surface area contributed by atoms with Gasteiger partial charge in [-0.3, -0.25) is 9.59 Å². The van der Waals surface area contributed by atoms with Crippen molar-refractivity contribution < 1.29 is 18.7 Å². The van der Waals surface area contributed by atoms with Crippen molar-refractivity contribution in [2.24, 2.45) is 0 Å². The number of methoxy groups -OCH3 is 1. The summed E-state index contributed by atoms with van der Waals surface area (Å²) in [5, 5.41) is 0. The molecule has 0 aliphatic rings. The standard InChI is InChI=1S/C19H21NO4/c1-15(16-7-4-3-5-8-16)20(13-12-19(22)23-2)18(21)11-10-17-9-6-14-24-17/h3-11,14-15H,12-13H2,1-2H3/b11-10+. The largest absolute Gasteiger partial charge is 0.469 e. The van der Waals surface area contributed by atoms with Crippen LogP contribution in [0.1, 0.15) is 30.7 Å². The van der Waals surface area contributed by atoms with Gasteiger partial charge in [-0.05, 0) is 30.7 Å². The van der Waals surface area contributed by atoms with Gasteiger partial charge in [-0.25, -0.2) is 0 Å². The topological polar surface area (TPSA) is 59.8 Å². The predicted octanol–water partition coefficient (Wildman–Crippen LogP) is 3.45. The Morgan fingerprint density at radius 3 is 2.58 bits per heavy atom. The second-order valence-corrected chi connectivity index (χ2v) is 5.29. The molecular weight excluding hydrogens is 306 g/mol. The second kappa shape index (κ2) is 8.72. The molecule has 0 aliphatic heterocycles. The van der Waals surface area contributed by atoms with Crippen molar-refractivity contribution >= 4 is 18.0 Å². The van der Waals surface area contributed by atoms with E-state index in [0.29, 0.717) is 5.76 Å². The van der Waals surface area contributed by atoms with E-state index in [1.165, 1.54) is 13.2 Å². The molecule has 0 spiro atoms. The maximum atomic E-state index is 12.6. The van der Waals surface area contributed by atoms with E-state index in [1.54, 1.807) is 29.4 Å². The van der Waals surface area contributed by atoms with Crippen LogP contribution in [-0.2, 0) is 14.3 Å². The van der Waals surface area contributed by atoms with Gasteiger partial charge in [0, 0.05) is 12.6 Å². The van der Waals surface area contributed by atoms with Crippen LogP contribution >= 0.6 is 0 Å². The molecule has 1 unspecified atom stereocenters. The first-order valence-corrected chi connectivity index (χ1v) is 7.75. The first-order valence-electron chi connectivity index (χ1n) is 7.75. The van der Waals surface area contributed by atoms with Crippen molar-refractivity contribution in [2.45, 2.75) is 19.4 Å². The molecule has 2 aromatic rings. The van der Waals surface area contributed by atoms with Crippen LogP contribution in [0.2, 0.25) is 0 Å². The molecule has 5 heteroatoms. The Balaban J connectivity index is 2.14. The zero-order valence-electron chi connectivity index (χ0n) is 13.8. The Morgan fingerprint density at radius 2 is 1.96 bits per heavy atom. The van der Waals surface area contributed by atoms with Crippen molar-refractivity contribution in [3.05, 3.63) is 66.1 Å². The van der Waals surface area contributed by atoms with E-state index in [0.717, 1.165) is 5.56 Å². The molecule has 24 heavy (non-hydrogen) atoms. The van der Waals surface area contributed by atoms with Gasteiger partial charge >= 0.3 is 5.97 Å². The highest BCUT2D eigenvalue weighted by atomic mass is 16.5. The fraction of sp³-hybridized carbons (Fsp3) is 0.263. The summed E-state index contributed by atoms with van der Waals surface area (Å²) in [6, 6.07) is 13.0. The summed E-state index contributed by atoms with van der Waals surface area (Å²) < 4.78 is 9.87. The van der Waals surface area contributed by atoms with Crippen molar-refractivity contribution in [1.29, 1.82) is 0 Å². The van der Waals surface area contributed by atoms with Crippen molar-refractivity contribution in [1.82, 2.24) is 4.90 Å². The Hall–Kier alpha value is -2.82. The molecule has 0 N–H and O–H groups in total. The van der Waals surface area contributed by atoms with Crippen LogP contribution in [0.4, 0.5) is 0 Å². The van der Waals surface area contributed by atoms with Gasteiger partial charge in [0.05, 0.1) is 25.8 Å². The van der Waals surface area contributed by atoms with Gasteiger partial charge in [0.2, 0.25) is 5.91 Å². The molecule has 1 atom stereocenters. The summed E-state index contributed by atoms with van der Waals surface area (Å²) in [6.45, 7) is 2.22. The summed E-state index contributed by atoms with van der Waals surface area (Å²) >= 11 is 0. The third-order valence-corrected chi connectivity index (χ3v) is 3.75. The number of hydrogen-bond donors (Lipinski definition) is 0. The second-order valence-electron chi connectivity index (χ2n) is 5.29. The van der Waals surface area contributed by atoms with Crippen LogP contribution in [0.15, 0.2) is 59.2 Å². The highest BCUT2D eigenvalue weighted by Gasteiger charge is 2.20. The minimum absolute atomic E-state index is 0.147. The Bertz CT molecular complexity index is 677. The summed E-state index contributed by atoms with van der Waals surface area (Å²) in [6.07, 6.45) is 4.76. The van der Waals surface area contributed by atoms with E-state index in [2.05, 4.69) is 4.74 Å². The van der Waals surface area contributed by atoms with Gasteiger partial charge in [-0.2, -0.15) is 0 Å². The van der Waals surface area contributed by atoms with Gasteiger partial charge in [0.15, 0.2) is 0 Å². The SMILES string of the molecule is COC(=O)CCN(C(=O)/C=C/c1ccco1)C(C)c1ccccc1. The summed E-state index contributed by atoms with van der Waals surface area (Å²) in [7, 11) is 1.34. The number of amides is 1. The third kappa shape index (κ3) is 4.84. The number of nitrogens with zero attached hydrogens (tertiary/aromatic N) is 1. The summed E-state index contributed by atoms with van der Waals surface area (Å²) in [5.41, 5.74) is 1.00. The number of rotatable bonds is 7. The zero-order valence-corrected chi connectivity index (χ0v) is 13.8. The molecule has 2 rings (SSSR count). The van der Waals surface area contributed by atoms with Crippen LogP contribution in [0.3, 0.4) is 0 Å². The quantitative estimate of drug-likeness (QED) is 0.577. The summed E-state index contributed by atoms with van der Waals surface area (Å²) in [4.78, 5) is 25.7. The van der Waals surface area contributed by atoms with Crippen LogP contribution < -0.4 is 0 Å². The normalized spacial score (nSPS) is 12.1. The van der Waals surface area contributed by atoms with E-state index in [9.17, 15) is 9.59 Å². The number of carbonyl (C=O) groups is 2. The lowest BCUT2D eigenvalue weighted by molar-refractivity contribution is -0.141. The minimum atomic E-state index is -0.344. The molecule has 0 saturated carbocycles. The van der Waals surface area contributed by atoms with E-state index in [4.69, 9.17) is 4.42 Å². The van der Waals surface area contributed by atoms with E-state index < -0.39 is 0 Å². The number of carbonyl (C=O) groups excluding carboxylic acids is 2. The molecule has 5 nitrogen and oxygen atoms in total. The highest BCUT2D eigenvalue weighted by molar-refractivity contribution is 5.92. The maximum absolute atomic E-state index is 12.6. The highest BCUT2D eigenvalue weighted by Crippen LogP contribution is 2.21. The maximum Gasteiger partial charge on any atom is 0.307 e. The number of esters is 1. The average Bonchev–Trinajstić information content (AvgIpc) is 3.14. The van der Waals surface area contributed by atoms with Gasteiger partial charge in [0.1, 0.15) is 5.76 Å². The Kier molecular flexibility index (Phi) is 6.37. The molecule has 0 saturated heterocycles. The number of benzene rings is 1. The lowest BCUT2D eigenvalue weighted by Gasteiger charge is -2.28. The lowest BCUT2D eigenvalue weighted by Crippen LogP contribution is -2.34. The van der Waals surface area contributed by atoms with Gasteiger partial charge < -0.3 is 14.1 Å². The van der Waals surface area contributed by atoms with Gasteiger partial charge in [-0.1, -0.05) is 30.3 Å². The summed E-state index contributed by atoms with van der Waals surface area (Å²) in [5.74, 6) is 0.0679. The lowest BCUT2D eigenvalue weighted by atomic mass is 10.1. The van der Waals surface area contributed by atoms with Crippen LogP contribution in [0, 0.1) is 0 Å². The molecule has 1 amide bonds. The van der Waals surface area contributed by atoms with Crippen molar-refractivity contribution in [2.75, 3.05) is 13.7 Å². The van der Waals surface area contributed by atoms with Crippen LogP contribution in [-0.4, -0.2) is 30.4 Å². The smallest absolute Gasteiger partial charge is 0.307 e. The molecule has 1 aromatic heterocycles. The third-order valence-electron chi connectivity index (χ3n) is 3.75. The van der Waals surface area contributed by atoms with E-state index in [1.807, 2.05) is 37.3 Å². The van der Waals surface area contributed by atoms with Gasteiger partial charge in [0.25, 0.3) is 0 Å². The van der Waals surface area contributed by atoms with E-state index in [-0.39, 0.29) is 30.9 Å². The fourth-order valence-electron chi connectivity index (χ4n) is 2.36. The van der Waals surface area contributed by atoms with Gasteiger partial charge in [-0.15, -0.1) is 0 Å². The predicted molar refractivity (Wildman–Crippen MR) is 90.9 cm³/mol. The van der Waals surface area contributed by atoms with Crippen molar-refractivity contribution in [3.63, 3.8) is 0 Å². The molecule has 0 bridgehead atoms. The average molecular weight is 327 g/mol. The Labute approximate surface area is 141 Å². The Morgan fingerprint density at radius 1 is 1.21 bits per heavy atom. The van der Waals surface area contributed by atoms with E-state index >= 15 is 0 Å². The molecule has 1 heterocycles.